The molecule has 0 spiro atoms. The van der Waals surface area contributed by atoms with Crippen LogP contribution in [0.15, 0.2) is 0 Å². The molecule has 1 heterocycles. The Balaban J connectivity index is 2.32. The van der Waals surface area contributed by atoms with Gasteiger partial charge in [0.2, 0.25) is 5.91 Å². The molecule has 0 saturated carbocycles. The van der Waals surface area contributed by atoms with E-state index < -0.39 is 0 Å². The maximum absolute atomic E-state index is 12.0. The average molecular weight is 244 g/mol. The first-order valence-corrected chi connectivity index (χ1v) is 7.61. The van der Waals surface area contributed by atoms with Gasteiger partial charge in [0, 0.05) is 13.1 Å². The number of hydrogen-bond acceptors (Lipinski definition) is 3. The molecule has 94 valence electrons. The molecule has 2 N–H and O–H groups in total. The minimum Gasteiger partial charge on any atom is -0.341 e. The van der Waals surface area contributed by atoms with Crippen molar-refractivity contribution in [3.8, 4) is 0 Å². The second-order valence-corrected chi connectivity index (χ2v) is 5.55. The first kappa shape index (κ1) is 13.8. The Hall–Kier alpha value is -0.220. The van der Waals surface area contributed by atoms with Gasteiger partial charge in [-0.1, -0.05) is 13.3 Å². The van der Waals surface area contributed by atoms with Crippen LogP contribution in [0.2, 0.25) is 0 Å². The van der Waals surface area contributed by atoms with E-state index in [4.69, 9.17) is 5.73 Å². The lowest BCUT2D eigenvalue weighted by molar-refractivity contribution is -0.134. The van der Waals surface area contributed by atoms with Gasteiger partial charge in [0.25, 0.3) is 0 Å². The van der Waals surface area contributed by atoms with Gasteiger partial charge in [-0.05, 0) is 37.2 Å². The van der Waals surface area contributed by atoms with Gasteiger partial charge in [0.1, 0.15) is 0 Å². The highest BCUT2D eigenvalue weighted by atomic mass is 32.2. The smallest absolute Gasteiger partial charge is 0.239 e. The summed E-state index contributed by atoms with van der Waals surface area (Å²) in [5, 5.41) is 0. The molecule has 1 fully saturated rings. The highest BCUT2D eigenvalue weighted by Crippen LogP contribution is 2.20. The van der Waals surface area contributed by atoms with Gasteiger partial charge in [0.15, 0.2) is 0 Å². The average Bonchev–Trinajstić information content (AvgIpc) is 2.35. The first-order chi connectivity index (χ1) is 7.69. The van der Waals surface area contributed by atoms with E-state index in [2.05, 4.69) is 6.92 Å². The van der Waals surface area contributed by atoms with Gasteiger partial charge in [-0.15, -0.1) is 0 Å². The SMILES string of the molecule is CCC1CCN(C(=O)[C@H](N)CCSC)CC1. The Labute approximate surface area is 103 Å². The molecule has 16 heavy (non-hydrogen) atoms. The van der Waals surface area contributed by atoms with Crippen molar-refractivity contribution in [2.45, 2.75) is 38.6 Å². The van der Waals surface area contributed by atoms with Crippen LogP contribution < -0.4 is 5.73 Å². The lowest BCUT2D eigenvalue weighted by atomic mass is 9.94. The number of thioether (sulfide) groups is 1. The Morgan fingerprint density at radius 3 is 2.62 bits per heavy atom. The molecule has 1 aliphatic rings. The van der Waals surface area contributed by atoms with Crippen molar-refractivity contribution in [2.75, 3.05) is 25.1 Å². The van der Waals surface area contributed by atoms with E-state index in [9.17, 15) is 4.79 Å². The third-order valence-electron chi connectivity index (χ3n) is 3.45. The molecule has 0 aromatic heterocycles. The van der Waals surface area contributed by atoms with Crippen LogP contribution in [-0.2, 0) is 4.79 Å². The molecule has 0 aromatic carbocycles. The molecule has 1 saturated heterocycles. The monoisotopic (exact) mass is 244 g/mol. The van der Waals surface area contributed by atoms with Crippen LogP contribution in [0.5, 0.6) is 0 Å². The molecule has 0 aromatic rings. The van der Waals surface area contributed by atoms with E-state index in [0.717, 1.165) is 44.0 Å². The van der Waals surface area contributed by atoms with Crippen LogP contribution in [0.4, 0.5) is 0 Å². The molecule has 0 aliphatic carbocycles. The molecular formula is C12H24N2OS. The molecular weight excluding hydrogens is 220 g/mol. The van der Waals surface area contributed by atoms with E-state index in [1.165, 1.54) is 6.42 Å². The fourth-order valence-corrected chi connectivity index (χ4v) is 2.65. The molecule has 1 atom stereocenters. The van der Waals surface area contributed by atoms with Crippen LogP contribution >= 0.6 is 11.8 Å². The van der Waals surface area contributed by atoms with Crippen molar-refractivity contribution >= 4 is 17.7 Å². The predicted molar refractivity (Wildman–Crippen MR) is 70.6 cm³/mol. The van der Waals surface area contributed by atoms with E-state index in [-0.39, 0.29) is 11.9 Å². The van der Waals surface area contributed by atoms with Gasteiger partial charge in [-0.3, -0.25) is 4.79 Å². The zero-order valence-corrected chi connectivity index (χ0v) is 11.3. The summed E-state index contributed by atoms with van der Waals surface area (Å²) in [6.07, 6.45) is 6.38. The second kappa shape index (κ2) is 7.17. The quantitative estimate of drug-likeness (QED) is 0.801. The van der Waals surface area contributed by atoms with Gasteiger partial charge in [-0.25, -0.2) is 0 Å². The molecule has 0 radical (unpaired) electrons. The van der Waals surface area contributed by atoms with Crippen molar-refractivity contribution in [1.29, 1.82) is 0 Å². The number of carbonyl (C=O) groups excluding carboxylic acids is 1. The number of hydrogen-bond donors (Lipinski definition) is 1. The van der Waals surface area contributed by atoms with Crippen molar-refractivity contribution in [2.24, 2.45) is 11.7 Å². The van der Waals surface area contributed by atoms with Crippen LogP contribution in [0.3, 0.4) is 0 Å². The lowest BCUT2D eigenvalue weighted by Gasteiger charge is -2.33. The summed E-state index contributed by atoms with van der Waals surface area (Å²) >= 11 is 1.75. The Morgan fingerprint density at radius 1 is 1.50 bits per heavy atom. The molecule has 3 nitrogen and oxygen atoms in total. The van der Waals surface area contributed by atoms with Crippen LogP contribution in [-0.4, -0.2) is 41.9 Å². The normalized spacial score (nSPS) is 19.8. The maximum atomic E-state index is 12.0. The van der Waals surface area contributed by atoms with Crippen molar-refractivity contribution in [3.05, 3.63) is 0 Å². The second-order valence-electron chi connectivity index (χ2n) is 4.56. The summed E-state index contributed by atoms with van der Waals surface area (Å²) < 4.78 is 0. The maximum Gasteiger partial charge on any atom is 0.239 e. The van der Waals surface area contributed by atoms with Gasteiger partial charge >= 0.3 is 0 Å². The zero-order chi connectivity index (χ0) is 12.0. The predicted octanol–water partition coefficient (Wildman–Crippen LogP) is 1.72. The number of amides is 1. The van der Waals surface area contributed by atoms with Crippen molar-refractivity contribution < 1.29 is 4.79 Å². The van der Waals surface area contributed by atoms with E-state index in [1.807, 2.05) is 11.2 Å². The van der Waals surface area contributed by atoms with Crippen LogP contribution in [0.1, 0.15) is 32.6 Å². The zero-order valence-electron chi connectivity index (χ0n) is 10.4. The van der Waals surface area contributed by atoms with Gasteiger partial charge < -0.3 is 10.6 Å². The highest BCUT2D eigenvalue weighted by molar-refractivity contribution is 7.98. The lowest BCUT2D eigenvalue weighted by Crippen LogP contribution is -2.47. The summed E-state index contributed by atoms with van der Waals surface area (Å²) in [6.45, 7) is 4.04. The number of rotatable bonds is 5. The summed E-state index contributed by atoms with van der Waals surface area (Å²) in [7, 11) is 0. The molecule has 0 unspecified atom stereocenters. The number of carbonyl (C=O) groups is 1. The largest absolute Gasteiger partial charge is 0.341 e. The summed E-state index contributed by atoms with van der Waals surface area (Å²) in [5.41, 5.74) is 5.90. The summed E-state index contributed by atoms with van der Waals surface area (Å²) in [6, 6.07) is -0.286. The molecule has 1 aliphatic heterocycles. The van der Waals surface area contributed by atoms with Gasteiger partial charge in [0.05, 0.1) is 6.04 Å². The third-order valence-corrected chi connectivity index (χ3v) is 4.10. The van der Waals surface area contributed by atoms with Crippen molar-refractivity contribution in [1.82, 2.24) is 4.90 Å². The Morgan fingerprint density at radius 2 is 2.12 bits per heavy atom. The first-order valence-electron chi connectivity index (χ1n) is 6.22. The fourth-order valence-electron chi connectivity index (χ4n) is 2.16. The Bertz CT molecular complexity index is 215. The van der Waals surface area contributed by atoms with Crippen molar-refractivity contribution in [3.63, 3.8) is 0 Å². The Kier molecular flexibility index (Phi) is 6.21. The minimum atomic E-state index is -0.286. The third kappa shape index (κ3) is 3.98. The summed E-state index contributed by atoms with van der Waals surface area (Å²) in [4.78, 5) is 13.9. The number of likely N-dealkylation sites (tertiary alicyclic amines) is 1. The number of nitrogens with zero attached hydrogens (tertiary/aromatic N) is 1. The number of nitrogens with two attached hydrogens (primary N) is 1. The standard InChI is InChI=1S/C12H24N2OS/c1-3-10-4-7-14(8-5-10)12(15)11(13)6-9-16-2/h10-11H,3-9,13H2,1-2H3/t11-/m1/s1. The van der Waals surface area contributed by atoms with E-state index in [1.54, 1.807) is 11.8 Å². The van der Waals surface area contributed by atoms with Gasteiger partial charge in [-0.2, -0.15) is 11.8 Å². The number of piperidine rings is 1. The van der Waals surface area contributed by atoms with E-state index >= 15 is 0 Å². The highest BCUT2D eigenvalue weighted by Gasteiger charge is 2.25. The molecule has 1 amide bonds. The van der Waals surface area contributed by atoms with Crippen LogP contribution in [0.25, 0.3) is 0 Å². The topological polar surface area (TPSA) is 46.3 Å². The summed E-state index contributed by atoms with van der Waals surface area (Å²) in [5.74, 6) is 1.94. The molecule has 0 bridgehead atoms. The van der Waals surface area contributed by atoms with E-state index in [0.29, 0.717) is 0 Å². The minimum absolute atomic E-state index is 0.156. The van der Waals surface area contributed by atoms with Crippen LogP contribution in [0, 0.1) is 5.92 Å². The molecule has 4 heteroatoms. The molecule has 1 rings (SSSR count). The fraction of sp³-hybridized carbons (Fsp3) is 0.917.